The molecule has 0 unspecified atom stereocenters. The monoisotopic (exact) mass is 496 g/mol. The Kier molecular flexibility index (Phi) is 5.54. The molecule has 1 saturated carbocycles. The second-order valence-electron chi connectivity index (χ2n) is 8.63. The number of rotatable bonds is 6. The fraction of sp³-hybridized carbons (Fsp3) is 0.148. The lowest BCUT2D eigenvalue weighted by Crippen LogP contribution is -2.17. The summed E-state index contributed by atoms with van der Waals surface area (Å²) in [5, 5.41) is 9.93. The minimum atomic E-state index is -0.582. The summed E-state index contributed by atoms with van der Waals surface area (Å²) in [4.78, 5) is 43.0. The number of anilines is 1. The number of carbonyl (C=O) groups excluding carboxylic acids is 2. The number of nitrogens with one attached hydrogen (secondary N) is 1. The molecule has 3 aromatic carbocycles. The van der Waals surface area contributed by atoms with Gasteiger partial charge in [0, 0.05) is 23.2 Å². The molecule has 0 saturated heterocycles. The first kappa shape index (κ1) is 22.1. The number of nitrogens with zero attached hydrogens (tertiary/aromatic N) is 3. The van der Waals surface area contributed by atoms with Crippen LogP contribution in [0.3, 0.4) is 0 Å². The molecule has 0 aliphatic heterocycles. The molecule has 1 N–H and O–H groups in total. The molecule has 0 radical (unpaired) electrons. The number of hydrogen-bond acceptors (Lipinski definition) is 7. The van der Waals surface area contributed by atoms with E-state index in [9.17, 15) is 14.4 Å². The number of hydrogen-bond donors (Lipinski definition) is 1. The fourth-order valence-corrected chi connectivity index (χ4v) is 5.10. The molecule has 2 heterocycles. The molecule has 1 aliphatic rings. The number of benzene rings is 3. The van der Waals surface area contributed by atoms with Crippen LogP contribution in [-0.2, 0) is 11.3 Å². The molecule has 0 bridgehead atoms. The maximum Gasteiger partial charge on any atom is 0.338 e. The summed E-state index contributed by atoms with van der Waals surface area (Å²) in [7, 11) is 0. The summed E-state index contributed by atoms with van der Waals surface area (Å²) in [6.07, 6.45) is 2.17. The van der Waals surface area contributed by atoms with E-state index in [1.807, 2.05) is 36.4 Å². The van der Waals surface area contributed by atoms with E-state index >= 15 is 0 Å². The van der Waals surface area contributed by atoms with Crippen LogP contribution in [-0.4, -0.2) is 26.5 Å². The summed E-state index contributed by atoms with van der Waals surface area (Å²) in [6.45, 7) is -0.145. The maximum absolute atomic E-state index is 12.9. The van der Waals surface area contributed by atoms with Gasteiger partial charge in [-0.05, 0) is 47.9 Å². The molecule has 9 heteroatoms. The Bertz CT molecular complexity index is 1700. The lowest BCUT2D eigenvalue weighted by atomic mass is 10.0. The molecular weight excluding hydrogens is 476 g/mol. The standard InChI is InChI=1S/C27H20N4O4S/c32-23-14-20(29-27-31(23)30-25(36-27)17-11-12-17)15-35-26(34)18-7-3-8-19(13-18)28-24(33)22-10-4-6-16-5-1-2-9-21(16)22/h1-10,13-14,17H,11-12,15H2,(H,28,33). The summed E-state index contributed by atoms with van der Waals surface area (Å²) < 4.78 is 6.71. The Labute approximate surface area is 209 Å². The zero-order valence-corrected chi connectivity index (χ0v) is 19.8. The highest BCUT2D eigenvalue weighted by atomic mass is 32.1. The van der Waals surface area contributed by atoms with E-state index in [0.29, 0.717) is 27.8 Å². The summed E-state index contributed by atoms with van der Waals surface area (Å²) in [6, 6.07) is 21.1. The van der Waals surface area contributed by atoms with Crippen molar-refractivity contribution in [2.24, 2.45) is 0 Å². The van der Waals surface area contributed by atoms with Crippen LogP contribution in [0.2, 0.25) is 0 Å². The molecule has 1 fully saturated rings. The zero-order chi connectivity index (χ0) is 24.6. The molecule has 6 rings (SSSR count). The molecule has 2 aromatic heterocycles. The van der Waals surface area contributed by atoms with Gasteiger partial charge in [0.2, 0.25) is 4.96 Å². The Hall–Kier alpha value is -4.37. The molecule has 0 spiro atoms. The molecule has 1 amide bonds. The molecule has 36 heavy (non-hydrogen) atoms. The van der Waals surface area contributed by atoms with E-state index in [0.717, 1.165) is 28.6 Å². The molecule has 178 valence electrons. The van der Waals surface area contributed by atoms with E-state index in [-0.39, 0.29) is 23.6 Å². The predicted octanol–water partition coefficient (Wildman–Crippen LogP) is 4.79. The molecule has 5 aromatic rings. The Balaban J connectivity index is 1.16. The first-order chi connectivity index (χ1) is 17.5. The van der Waals surface area contributed by atoms with Crippen LogP contribution in [0.5, 0.6) is 0 Å². The minimum absolute atomic E-state index is 0.145. The fourth-order valence-electron chi connectivity index (χ4n) is 4.01. The van der Waals surface area contributed by atoms with Gasteiger partial charge in [0.15, 0.2) is 0 Å². The van der Waals surface area contributed by atoms with E-state index < -0.39 is 5.97 Å². The highest BCUT2D eigenvalue weighted by Gasteiger charge is 2.28. The number of ether oxygens (including phenoxy) is 1. The van der Waals surface area contributed by atoms with E-state index in [4.69, 9.17) is 4.74 Å². The van der Waals surface area contributed by atoms with Crippen LogP contribution in [0.25, 0.3) is 15.7 Å². The van der Waals surface area contributed by atoms with Crippen LogP contribution in [0.15, 0.2) is 77.6 Å². The Morgan fingerprint density at radius 3 is 2.69 bits per heavy atom. The highest BCUT2D eigenvalue weighted by Crippen LogP contribution is 2.41. The predicted molar refractivity (Wildman–Crippen MR) is 137 cm³/mol. The van der Waals surface area contributed by atoms with Crippen LogP contribution in [0, 0.1) is 0 Å². The second kappa shape index (κ2) is 9.01. The van der Waals surface area contributed by atoms with Crippen molar-refractivity contribution in [3.63, 3.8) is 0 Å². The Morgan fingerprint density at radius 1 is 1.03 bits per heavy atom. The summed E-state index contributed by atoms with van der Waals surface area (Å²) in [5.74, 6) is -0.433. The van der Waals surface area contributed by atoms with Gasteiger partial charge in [0.25, 0.3) is 11.5 Å². The van der Waals surface area contributed by atoms with Crippen molar-refractivity contribution in [1.29, 1.82) is 0 Å². The SMILES string of the molecule is O=C(OCc1cc(=O)n2nc(C3CC3)sc2n1)c1cccc(NC(=O)c2cccc3ccccc23)c1. The number of aromatic nitrogens is 3. The average Bonchev–Trinajstić information content (AvgIpc) is 3.66. The van der Waals surface area contributed by atoms with Crippen molar-refractivity contribution in [3.8, 4) is 0 Å². The first-order valence-corrected chi connectivity index (χ1v) is 12.3. The van der Waals surface area contributed by atoms with Gasteiger partial charge < -0.3 is 10.1 Å². The topological polar surface area (TPSA) is 103 Å². The Morgan fingerprint density at radius 2 is 1.83 bits per heavy atom. The molecule has 8 nitrogen and oxygen atoms in total. The quantitative estimate of drug-likeness (QED) is 0.339. The van der Waals surface area contributed by atoms with Crippen molar-refractivity contribution in [2.75, 3.05) is 5.32 Å². The molecule has 1 aliphatic carbocycles. The van der Waals surface area contributed by atoms with Gasteiger partial charge in [-0.25, -0.2) is 9.78 Å². The molecule has 0 atom stereocenters. The smallest absolute Gasteiger partial charge is 0.338 e. The normalized spacial score (nSPS) is 13.1. The minimum Gasteiger partial charge on any atom is -0.456 e. The third kappa shape index (κ3) is 4.36. The number of fused-ring (bicyclic) bond motifs is 2. The number of carbonyl (C=O) groups is 2. The lowest BCUT2D eigenvalue weighted by Gasteiger charge is -2.10. The van der Waals surface area contributed by atoms with Gasteiger partial charge in [-0.1, -0.05) is 53.8 Å². The van der Waals surface area contributed by atoms with Gasteiger partial charge in [-0.3, -0.25) is 9.59 Å². The van der Waals surface area contributed by atoms with Crippen LogP contribution in [0.1, 0.15) is 50.2 Å². The average molecular weight is 497 g/mol. The van der Waals surface area contributed by atoms with Crippen molar-refractivity contribution >= 4 is 44.6 Å². The number of esters is 1. The van der Waals surface area contributed by atoms with Crippen molar-refractivity contribution in [3.05, 3.63) is 105 Å². The van der Waals surface area contributed by atoms with Crippen molar-refractivity contribution in [1.82, 2.24) is 14.6 Å². The van der Waals surface area contributed by atoms with Gasteiger partial charge >= 0.3 is 5.97 Å². The first-order valence-electron chi connectivity index (χ1n) is 11.5. The summed E-state index contributed by atoms with van der Waals surface area (Å²) in [5.41, 5.74) is 1.35. The zero-order valence-electron chi connectivity index (χ0n) is 19.0. The summed E-state index contributed by atoms with van der Waals surface area (Å²) >= 11 is 1.39. The number of amides is 1. The maximum atomic E-state index is 12.9. The van der Waals surface area contributed by atoms with Gasteiger partial charge in [0.1, 0.15) is 11.6 Å². The van der Waals surface area contributed by atoms with Crippen molar-refractivity contribution < 1.29 is 14.3 Å². The van der Waals surface area contributed by atoms with E-state index in [1.54, 1.807) is 30.3 Å². The largest absolute Gasteiger partial charge is 0.456 e. The van der Waals surface area contributed by atoms with E-state index in [2.05, 4.69) is 15.4 Å². The lowest BCUT2D eigenvalue weighted by molar-refractivity contribution is 0.0467. The van der Waals surface area contributed by atoms with Gasteiger partial charge in [-0.15, -0.1) is 0 Å². The highest BCUT2D eigenvalue weighted by molar-refractivity contribution is 7.16. The second-order valence-corrected chi connectivity index (χ2v) is 9.62. The third-order valence-corrected chi connectivity index (χ3v) is 7.05. The molecular formula is C27H20N4O4S. The third-order valence-electron chi connectivity index (χ3n) is 5.98. The van der Waals surface area contributed by atoms with Gasteiger partial charge in [-0.2, -0.15) is 9.61 Å². The van der Waals surface area contributed by atoms with Crippen LogP contribution < -0.4 is 10.9 Å². The van der Waals surface area contributed by atoms with Crippen LogP contribution >= 0.6 is 11.3 Å². The van der Waals surface area contributed by atoms with E-state index in [1.165, 1.54) is 21.9 Å². The van der Waals surface area contributed by atoms with Crippen LogP contribution in [0.4, 0.5) is 5.69 Å². The van der Waals surface area contributed by atoms with Crippen molar-refractivity contribution in [2.45, 2.75) is 25.4 Å². The van der Waals surface area contributed by atoms with Gasteiger partial charge in [0.05, 0.1) is 11.3 Å².